The van der Waals surface area contributed by atoms with Crippen molar-refractivity contribution in [2.75, 3.05) is 18.9 Å². The highest BCUT2D eigenvalue weighted by Crippen LogP contribution is 2.33. The van der Waals surface area contributed by atoms with Gasteiger partial charge in [0.15, 0.2) is 17.3 Å². The van der Waals surface area contributed by atoms with Crippen LogP contribution in [0.2, 0.25) is 5.02 Å². The van der Waals surface area contributed by atoms with Gasteiger partial charge in [-0.25, -0.2) is 12.8 Å². The summed E-state index contributed by atoms with van der Waals surface area (Å²) < 4.78 is 50.3. The van der Waals surface area contributed by atoms with Crippen LogP contribution in [-0.4, -0.2) is 22.6 Å². The zero-order chi connectivity index (χ0) is 17.7. The summed E-state index contributed by atoms with van der Waals surface area (Å²) in [4.78, 5) is 0. The zero-order valence-corrected chi connectivity index (χ0v) is 14.5. The standard InChI is InChI=1S/C16H15ClFNO4S/c1-22-15-9-13(18)14(10-16(15)23-2)19-24(20,21)8-7-11-5-3-4-6-12(11)17/h3-10,19H,1-2H3/b8-7+. The molecule has 0 saturated heterocycles. The van der Waals surface area contributed by atoms with E-state index in [4.69, 9.17) is 21.1 Å². The van der Waals surface area contributed by atoms with Gasteiger partial charge >= 0.3 is 0 Å². The summed E-state index contributed by atoms with van der Waals surface area (Å²) in [6, 6.07) is 8.98. The van der Waals surface area contributed by atoms with Crippen LogP contribution in [0.4, 0.5) is 10.1 Å². The first-order valence-electron chi connectivity index (χ1n) is 6.73. The normalized spacial score (nSPS) is 11.5. The zero-order valence-electron chi connectivity index (χ0n) is 12.9. The van der Waals surface area contributed by atoms with E-state index in [-0.39, 0.29) is 17.2 Å². The molecule has 2 aromatic carbocycles. The summed E-state index contributed by atoms with van der Waals surface area (Å²) in [7, 11) is -1.22. The Labute approximate surface area is 144 Å². The highest BCUT2D eigenvalue weighted by Gasteiger charge is 2.15. The molecule has 2 aromatic rings. The van der Waals surface area contributed by atoms with E-state index in [2.05, 4.69) is 4.72 Å². The average molecular weight is 372 g/mol. The fourth-order valence-electron chi connectivity index (χ4n) is 1.89. The third-order valence-corrected chi connectivity index (χ3v) is 4.40. The number of benzene rings is 2. The Hall–Kier alpha value is -2.25. The molecule has 5 nitrogen and oxygen atoms in total. The number of hydrogen-bond donors (Lipinski definition) is 1. The monoisotopic (exact) mass is 371 g/mol. The molecule has 128 valence electrons. The molecule has 0 heterocycles. The molecule has 0 amide bonds. The van der Waals surface area contributed by atoms with Gasteiger partial charge in [0.25, 0.3) is 10.0 Å². The Morgan fingerprint density at radius 3 is 2.38 bits per heavy atom. The number of methoxy groups -OCH3 is 2. The molecular formula is C16H15ClFNO4S. The van der Waals surface area contributed by atoms with E-state index < -0.39 is 15.8 Å². The lowest BCUT2D eigenvalue weighted by molar-refractivity contribution is 0.353. The molecule has 0 aliphatic rings. The molecule has 2 rings (SSSR count). The van der Waals surface area contributed by atoms with Crippen molar-refractivity contribution in [1.29, 1.82) is 0 Å². The molecule has 0 aliphatic carbocycles. The summed E-state index contributed by atoms with van der Waals surface area (Å²) in [5, 5.41) is 1.31. The van der Waals surface area contributed by atoms with Gasteiger partial charge < -0.3 is 9.47 Å². The summed E-state index contributed by atoms with van der Waals surface area (Å²) in [5.41, 5.74) is 0.272. The van der Waals surface area contributed by atoms with Gasteiger partial charge in [-0.15, -0.1) is 0 Å². The predicted octanol–water partition coefficient (Wildman–Crippen LogP) is 3.91. The van der Waals surface area contributed by atoms with Gasteiger partial charge in [0, 0.05) is 17.2 Å². The van der Waals surface area contributed by atoms with E-state index in [0.29, 0.717) is 10.6 Å². The lowest BCUT2D eigenvalue weighted by Crippen LogP contribution is -2.10. The van der Waals surface area contributed by atoms with Crippen LogP contribution in [0.15, 0.2) is 41.8 Å². The van der Waals surface area contributed by atoms with E-state index in [1.165, 1.54) is 26.4 Å². The predicted molar refractivity (Wildman–Crippen MR) is 92.5 cm³/mol. The van der Waals surface area contributed by atoms with E-state index in [1.54, 1.807) is 24.3 Å². The number of rotatable bonds is 6. The van der Waals surface area contributed by atoms with Crippen molar-refractivity contribution in [3.63, 3.8) is 0 Å². The molecule has 0 saturated carbocycles. The molecular weight excluding hydrogens is 357 g/mol. The first-order valence-corrected chi connectivity index (χ1v) is 8.65. The number of anilines is 1. The SMILES string of the molecule is COc1cc(F)c(NS(=O)(=O)/C=C/c2ccccc2Cl)cc1OC. The largest absolute Gasteiger partial charge is 0.493 e. The molecule has 0 atom stereocenters. The smallest absolute Gasteiger partial charge is 0.255 e. The lowest BCUT2D eigenvalue weighted by Gasteiger charge is -2.11. The Bertz CT molecular complexity index is 868. The van der Waals surface area contributed by atoms with Crippen molar-refractivity contribution in [1.82, 2.24) is 0 Å². The van der Waals surface area contributed by atoms with E-state index in [1.807, 2.05) is 0 Å². The summed E-state index contributed by atoms with van der Waals surface area (Å²) in [6.45, 7) is 0. The lowest BCUT2D eigenvalue weighted by atomic mass is 10.2. The van der Waals surface area contributed by atoms with Crippen LogP contribution in [0.5, 0.6) is 11.5 Å². The number of hydrogen-bond acceptors (Lipinski definition) is 4. The van der Waals surface area contributed by atoms with Crippen molar-refractivity contribution in [2.45, 2.75) is 0 Å². The number of sulfonamides is 1. The van der Waals surface area contributed by atoms with Crippen LogP contribution in [0.3, 0.4) is 0 Å². The van der Waals surface area contributed by atoms with Gasteiger partial charge in [-0.05, 0) is 17.7 Å². The molecule has 0 fully saturated rings. The van der Waals surface area contributed by atoms with Gasteiger partial charge in [-0.3, -0.25) is 4.72 Å². The molecule has 24 heavy (non-hydrogen) atoms. The minimum Gasteiger partial charge on any atom is -0.493 e. The second-order valence-corrected chi connectivity index (χ2v) is 6.63. The van der Waals surface area contributed by atoms with Crippen molar-refractivity contribution < 1.29 is 22.3 Å². The number of ether oxygens (including phenoxy) is 2. The molecule has 0 spiro atoms. The minimum absolute atomic E-state index is 0.157. The molecule has 0 radical (unpaired) electrons. The second-order valence-electron chi connectivity index (χ2n) is 4.66. The van der Waals surface area contributed by atoms with E-state index in [0.717, 1.165) is 11.5 Å². The first kappa shape index (κ1) is 18.1. The number of nitrogens with one attached hydrogen (secondary N) is 1. The Morgan fingerprint density at radius 2 is 1.75 bits per heavy atom. The van der Waals surface area contributed by atoms with Crippen molar-refractivity contribution in [3.8, 4) is 11.5 Å². The highest BCUT2D eigenvalue weighted by molar-refractivity contribution is 7.95. The third-order valence-electron chi connectivity index (χ3n) is 3.06. The molecule has 1 N–H and O–H groups in total. The van der Waals surface area contributed by atoms with Crippen LogP contribution in [0.25, 0.3) is 6.08 Å². The second kappa shape index (κ2) is 7.55. The first-order chi connectivity index (χ1) is 11.4. The van der Waals surface area contributed by atoms with Gasteiger partial charge in [-0.1, -0.05) is 29.8 Å². The van der Waals surface area contributed by atoms with Crippen LogP contribution in [0.1, 0.15) is 5.56 Å². The van der Waals surface area contributed by atoms with Gasteiger partial charge in [-0.2, -0.15) is 0 Å². The summed E-state index contributed by atoms with van der Waals surface area (Å²) in [6.07, 6.45) is 1.32. The maximum absolute atomic E-state index is 14.0. The topological polar surface area (TPSA) is 64.6 Å². The Kier molecular flexibility index (Phi) is 5.69. The van der Waals surface area contributed by atoms with Crippen molar-refractivity contribution >= 4 is 33.4 Å². The third kappa shape index (κ3) is 4.39. The van der Waals surface area contributed by atoms with Crippen LogP contribution < -0.4 is 14.2 Å². The van der Waals surface area contributed by atoms with Crippen LogP contribution in [0, 0.1) is 5.82 Å². The average Bonchev–Trinajstić information content (AvgIpc) is 2.55. The summed E-state index contributed by atoms with van der Waals surface area (Å²) in [5.74, 6) is -0.432. The Balaban J connectivity index is 2.28. The fraction of sp³-hybridized carbons (Fsp3) is 0.125. The fourth-order valence-corrected chi connectivity index (χ4v) is 2.95. The van der Waals surface area contributed by atoms with Crippen molar-refractivity contribution in [2.24, 2.45) is 0 Å². The molecule has 8 heteroatoms. The molecule has 0 bridgehead atoms. The maximum Gasteiger partial charge on any atom is 0.255 e. The van der Waals surface area contributed by atoms with E-state index in [9.17, 15) is 12.8 Å². The highest BCUT2D eigenvalue weighted by atomic mass is 35.5. The molecule has 0 unspecified atom stereocenters. The van der Waals surface area contributed by atoms with Gasteiger partial charge in [0.1, 0.15) is 0 Å². The van der Waals surface area contributed by atoms with Crippen LogP contribution in [-0.2, 0) is 10.0 Å². The molecule has 0 aliphatic heterocycles. The number of halogens is 2. The summed E-state index contributed by atoms with van der Waals surface area (Å²) >= 11 is 5.95. The van der Waals surface area contributed by atoms with Crippen molar-refractivity contribution in [3.05, 3.63) is 58.2 Å². The maximum atomic E-state index is 14.0. The van der Waals surface area contributed by atoms with Gasteiger partial charge in [0.05, 0.1) is 25.3 Å². The molecule has 0 aromatic heterocycles. The quantitative estimate of drug-likeness (QED) is 0.836. The Morgan fingerprint density at radius 1 is 1.12 bits per heavy atom. The van der Waals surface area contributed by atoms with Gasteiger partial charge in [0.2, 0.25) is 0 Å². The minimum atomic E-state index is -3.94. The van der Waals surface area contributed by atoms with E-state index >= 15 is 0 Å². The van der Waals surface area contributed by atoms with Crippen LogP contribution >= 0.6 is 11.6 Å².